The molecule has 2 aromatic rings. The van der Waals surface area contributed by atoms with Gasteiger partial charge in [0, 0.05) is 6.54 Å². The highest BCUT2D eigenvalue weighted by molar-refractivity contribution is 7.89. The number of anilines is 1. The number of amides is 1. The molecule has 0 saturated heterocycles. The number of para-hydroxylation sites is 2. The highest BCUT2D eigenvalue weighted by atomic mass is 32.2. The average Bonchev–Trinajstić information content (AvgIpc) is 2.67. The molecule has 0 aliphatic carbocycles. The van der Waals surface area contributed by atoms with Crippen LogP contribution >= 0.6 is 0 Å². The van der Waals surface area contributed by atoms with E-state index >= 15 is 0 Å². The Bertz CT molecular complexity index is 911. The van der Waals surface area contributed by atoms with Crippen LogP contribution in [0.3, 0.4) is 0 Å². The van der Waals surface area contributed by atoms with Crippen LogP contribution in [-0.4, -0.2) is 37.5 Å². The molecule has 0 unspecified atom stereocenters. The number of rotatable bonds is 5. The Balaban J connectivity index is 1.93. The van der Waals surface area contributed by atoms with E-state index in [0.717, 1.165) is 11.1 Å². The molecule has 0 radical (unpaired) electrons. The fourth-order valence-corrected chi connectivity index (χ4v) is 4.37. The fourth-order valence-electron chi connectivity index (χ4n) is 3.14. The van der Waals surface area contributed by atoms with Crippen LogP contribution in [0.25, 0.3) is 0 Å². The molecule has 2 aromatic carbocycles. The van der Waals surface area contributed by atoms with Gasteiger partial charge in [-0.3, -0.25) is 4.79 Å². The van der Waals surface area contributed by atoms with Gasteiger partial charge in [0.05, 0.1) is 18.6 Å². The molecule has 0 saturated carbocycles. The summed E-state index contributed by atoms with van der Waals surface area (Å²) in [7, 11) is -2.00. The number of carbonyl (C=O) groups is 1. The monoisotopic (exact) mass is 374 g/mol. The standard InChI is InChI=1S/C19H22N2O4S/c1-3-26(23,24)21-13-15-9-5-4-8-14(15)12-17(21)19(22)20-16-10-6-7-11-18(16)25-2/h4-11,17H,3,12-13H2,1-2H3,(H,20,22)/t17-/m0/s1. The van der Waals surface area contributed by atoms with Gasteiger partial charge in [0.1, 0.15) is 11.8 Å². The lowest BCUT2D eigenvalue weighted by molar-refractivity contribution is -0.120. The molecular weight excluding hydrogens is 352 g/mol. The third-order valence-corrected chi connectivity index (χ3v) is 6.42. The summed E-state index contributed by atoms with van der Waals surface area (Å²) in [4.78, 5) is 12.9. The van der Waals surface area contributed by atoms with Crippen molar-refractivity contribution in [2.45, 2.75) is 25.9 Å². The number of nitrogens with zero attached hydrogens (tertiary/aromatic N) is 1. The number of nitrogens with one attached hydrogen (secondary N) is 1. The van der Waals surface area contributed by atoms with Crippen LogP contribution in [0.2, 0.25) is 0 Å². The van der Waals surface area contributed by atoms with Crippen molar-refractivity contribution >= 4 is 21.6 Å². The fraction of sp³-hybridized carbons (Fsp3) is 0.316. The molecule has 1 atom stereocenters. The predicted octanol–water partition coefficient (Wildman–Crippen LogP) is 2.41. The molecule has 138 valence electrons. The zero-order chi connectivity index (χ0) is 18.7. The minimum Gasteiger partial charge on any atom is -0.495 e. The Morgan fingerprint density at radius 2 is 1.81 bits per heavy atom. The van der Waals surface area contributed by atoms with Gasteiger partial charge >= 0.3 is 0 Å². The Morgan fingerprint density at radius 1 is 1.15 bits per heavy atom. The largest absolute Gasteiger partial charge is 0.495 e. The van der Waals surface area contributed by atoms with E-state index in [1.54, 1.807) is 31.2 Å². The van der Waals surface area contributed by atoms with Crippen molar-refractivity contribution in [1.29, 1.82) is 0 Å². The van der Waals surface area contributed by atoms with Gasteiger partial charge in [0.2, 0.25) is 15.9 Å². The third kappa shape index (κ3) is 3.59. The first-order valence-electron chi connectivity index (χ1n) is 8.46. The molecule has 1 heterocycles. The zero-order valence-corrected chi connectivity index (χ0v) is 15.6. The maximum atomic E-state index is 12.9. The number of sulfonamides is 1. The molecule has 6 nitrogen and oxygen atoms in total. The topological polar surface area (TPSA) is 75.7 Å². The molecular formula is C19H22N2O4S. The van der Waals surface area contributed by atoms with Gasteiger partial charge in [-0.05, 0) is 36.6 Å². The molecule has 1 aliphatic heterocycles. The van der Waals surface area contributed by atoms with E-state index in [2.05, 4.69) is 5.32 Å². The molecule has 1 aliphatic rings. The van der Waals surface area contributed by atoms with Crippen molar-refractivity contribution < 1.29 is 17.9 Å². The van der Waals surface area contributed by atoms with Crippen LogP contribution < -0.4 is 10.1 Å². The van der Waals surface area contributed by atoms with Crippen molar-refractivity contribution in [2.24, 2.45) is 0 Å². The summed E-state index contributed by atoms with van der Waals surface area (Å²) in [5.41, 5.74) is 2.45. The van der Waals surface area contributed by atoms with Gasteiger partial charge in [0.15, 0.2) is 0 Å². The SMILES string of the molecule is CCS(=O)(=O)N1Cc2ccccc2C[C@H]1C(=O)Nc1ccccc1OC. The van der Waals surface area contributed by atoms with Gasteiger partial charge in [-0.25, -0.2) is 8.42 Å². The highest BCUT2D eigenvalue weighted by Crippen LogP contribution is 2.28. The van der Waals surface area contributed by atoms with E-state index in [0.29, 0.717) is 17.9 Å². The van der Waals surface area contributed by atoms with E-state index in [-0.39, 0.29) is 18.2 Å². The Hall–Kier alpha value is -2.38. The zero-order valence-electron chi connectivity index (χ0n) is 14.8. The second-order valence-corrected chi connectivity index (χ2v) is 8.33. The van der Waals surface area contributed by atoms with Crippen molar-refractivity contribution in [1.82, 2.24) is 4.31 Å². The highest BCUT2D eigenvalue weighted by Gasteiger charge is 2.38. The first-order chi connectivity index (χ1) is 12.5. The van der Waals surface area contributed by atoms with Gasteiger partial charge < -0.3 is 10.1 Å². The van der Waals surface area contributed by atoms with Crippen LogP contribution in [0, 0.1) is 0 Å². The molecule has 0 bridgehead atoms. The lowest BCUT2D eigenvalue weighted by atomic mass is 9.95. The number of benzene rings is 2. The van der Waals surface area contributed by atoms with Gasteiger partial charge in [-0.2, -0.15) is 4.31 Å². The molecule has 0 aromatic heterocycles. The molecule has 3 rings (SSSR count). The number of ether oxygens (including phenoxy) is 1. The second-order valence-electron chi connectivity index (χ2n) is 6.12. The van der Waals surface area contributed by atoms with Crippen molar-refractivity contribution in [2.75, 3.05) is 18.2 Å². The first-order valence-corrected chi connectivity index (χ1v) is 10.1. The number of carbonyl (C=O) groups excluding carboxylic acids is 1. The average molecular weight is 374 g/mol. The molecule has 26 heavy (non-hydrogen) atoms. The maximum Gasteiger partial charge on any atom is 0.243 e. The minimum atomic E-state index is -3.52. The summed E-state index contributed by atoms with van der Waals surface area (Å²) in [6.45, 7) is 1.79. The molecule has 0 spiro atoms. The van der Waals surface area contributed by atoms with Crippen LogP contribution in [0.1, 0.15) is 18.1 Å². The van der Waals surface area contributed by atoms with Crippen LogP contribution in [-0.2, 0) is 27.8 Å². The molecule has 1 amide bonds. The maximum absolute atomic E-state index is 12.9. The summed E-state index contributed by atoms with van der Waals surface area (Å²) in [6.07, 6.45) is 0.344. The number of hydrogen-bond donors (Lipinski definition) is 1. The summed E-state index contributed by atoms with van der Waals surface area (Å²) >= 11 is 0. The van der Waals surface area contributed by atoms with Crippen LogP contribution in [0.5, 0.6) is 5.75 Å². The van der Waals surface area contributed by atoms with E-state index < -0.39 is 16.1 Å². The Morgan fingerprint density at radius 3 is 2.50 bits per heavy atom. The summed E-state index contributed by atoms with van der Waals surface area (Å²) in [5.74, 6) is 0.121. The normalized spacial score (nSPS) is 17.4. The third-order valence-electron chi connectivity index (χ3n) is 4.60. The number of hydrogen-bond acceptors (Lipinski definition) is 4. The van der Waals surface area contributed by atoms with Crippen molar-refractivity contribution in [3.05, 3.63) is 59.7 Å². The van der Waals surface area contributed by atoms with Gasteiger partial charge in [-0.1, -0.05) is 36.4 Å². The van der Waals surface area contributed by atoms with Crippen molar-refractivity contribution in [3.8, 4) is 5.75 Å². The minimum absolute atomic E-state index is 0.0480. The lowest BCUT2D eigenvalue weighted by Gasteiger charge is -2.34. The van der Waals surface area contributed by atoms with Crippen molar-refractivity contribution in [3.63, 3.8) is 0 Å². The van der Waals surface area contributed by atoms with Crippen LogP contribution in [0.15, 0.2) is 48.5 Å². The Labute approximate surface area is 153 Å². The second kappa shape index (κ2) is 7.47. The summed E-state index contributed by atoms with van der Waals surface area (Å²) < 4.78 is 31.7. The van der Waals surface area contributed by atoms with Gasteiger partial charge in [-0.15, -0.1) is 0 Å². The molecule has 7 heteroatoms. The molecule has 1 N–H and O–H groups in total. The number of fused-ring (bicyclic) bond motifs is 1. The van der Waals surface area contributed by atoms with Gasteiger partial charge in [0.25, 0.3) is 0 Å². The predicted molar refractivity (Wildman–Crippen MR) is 101 cm³/mol. The quantitative estimate of drug-likeness (QED) is 0.872. The van der Waals surface area contributed by atoms with E-state index in [1.165, 1.54) is 11.4 Å². The molecule has 0 fully saturated rings. The van der Waals surface area contributed by atoms with E-state index in [9.17, 15) is 13.2 Å². The Kier molecular flexibility index (Phi) is 5.29. The van der Waals surface area contributed by atoms with E-state index in [4.69, 9.17) is 4.74 Å². The summed E-state index contributed by atoms with van der Waals surface area (Å²) in [5, 5.41) is 2.82. The smallest absolute Gasteiger partial charge is 0.243 e. The first kappa shape index (κ1) is 18.4. The lowest BCUT2D eigenvalue weighted by Crippen LogP contribution is -2.51. The van der Waals surface area contributed by atoms with Crippen LogP contribution in [0.4, 0.5) is 5.69 Å². The van der Waals surface area contributed by atoms with E-state index in [1.807, 2.05) is 24.3 Å². The summed E-state index contributed by atoms with van der Waals surface area (Å²) in [6, 6.07) is 13.9. The number of methoxy groups -OCH3 is 1.